The fourth-order valence-corrected chi connectivity index (χ4v) is 4.90. The van der Waals surface area contributed by atoms with Crippen molar-refractivity contribution >= 4 is 23.6 Å². The molecule has 0 radical (unpaired) electrons. The number of aryl methyl sites for hydroxylation is 1. The van der Waals surface area contributed by atoms with Gasteiger partial charge in [0.15, 0.2) is 0 Å². The Hall–Kier alpha value is -1.49. The van der Waals surface area contributed by atoms with Gasteiger partial charge in [-0.2, -0.15) is 0 Å². The van der Waals surface area contributed by atoms with Crippen LogP contribution in [0.3, 0.4) is 0 Å². The Kier molecular flexibility index (Phi) is 6.63. The molecule has 1 aromatic carbocycles. The summed E-state index contributed by atoms with van der Waals surface area (Å²) >= 11 is 1.92. The van der Waals surface area contributed by atoms with Crippen LogP contribution in [0.5, 0.6) is 0 Å². The summed E-state index contributed by atoms with van der Waals surface area (Å²) in [6, 6.07) is 6.49. The Morgan fingerprint density at radius 2 is 1.77 bits per heavy atom. The van der Waals surface area contributed by atoms with Crippen molar-refractivity contribution in [3.05, 3.63) is 29.3 Å². The van der Waals surface area contributed by atoms with E-state index in [9.17, 15) is 9.59 Å². The number of fused-ring (bicyclic) bond motifs is 1. The minimum Gasteiger partial charge on any atom is -0.339 e. The van der Waals surface area contributed by atoms with E-state index < -0.39 is 0 Å². The van der Waals surface area contributed by atoms with Gasteiger partial charge in [0.2, 0.25) is 11.8 Å². The summed E-state index contributed by atoms with van der Waals surface area (Å²) < 4.78 is 0. The molecule has 2 aliphatic heterocycles. The van der Waals surface area contributed by atoms with Crippen molar-refractivity contribution in [3.8, 4) is 0 Å². The third-order valence-electron chi connectivity index (χ3n) is 5.61. The van der Waals surface area contributed by atoms with Crippen LogP contribution in [0.25, 0.3) is 0 Å². The van der Waals surface area contributed by atoms with Crippen LogP contribution in [0.2, 0.25) is 0 Å². The first-order valence-corrected chi connectivity index (χ1v) is 10.9. The average Bonchev–Trinajstić information content (AvgIpc) is 2.69. The summed E-state index contributed by atoms with van der Waals surface area (Å²) in [6.07, 6.45) is 4.61. The van der Waals surface area contributed by atoms with Crippen LogP contribution < -0.4 is 0 Å². The monoisotopic (exact) mass is 374 g/mol. The fourth-order valence-electron chi connectivity index (χ4n) is 3.88. The third-order valence-corrected chi connectivity index (χ3v) is 6.81. The largest absolute Gasteiger partial charge is 0.339 e. The predicted octanol–water partition coefficient (Wildman–Crippen LogP) is 3.37. The summed E-state index contributed by atoms with van der Waals surface area (Å²) in [6.45, 7) is 6.80. The number of rotatable bonds is 5. The lowest BCUT2D eigenvalue weighted by Gasteiger charge is -2.36. The number of benzene rings is 1. The van der Waals surface area contributed by atoms with Gasteiger partial charge in [-0.3, -0.25) is 9.59 Å². The second-order valence-electron chi connectivity index (χ2n) is 7.29. The summed E-state index contributed by atoms with van der Waals surface area (Å²) in [5.74, 6) is 1.77. The molecule has 2 aliphatic rings. The van der Waals surface area contributed by atoms with Crippen molar-refractivity contribution in [2.75, 3.05) is 31.9 Å². The third kappa shape index (κ3) is 4.43. The van der Waals surface area contributed by atoms with Crippen molar-refractivity contribution in [1.82, 2.24) is 9.80 Å². The molecular weight excluding hydrogens is 344 g/mol. The van der Waals surface area contributed by atoms with Crippen LogP contribution in [0.15, 0.2) is 23.1 Å². The highest BCUT2D eigenvalue weighted by Gasteiger charge is 2.27. The minimum absolute atomic E-state index is 0.130. The highest BCUT2D eigenvalue weighted by molar-refractivity contribution is 7.99. The van der Waals surface area contributed by atoms with Crippen LogP contribution in [-0.2, 0) is 22.4 Å². The van der Waals surface area contributed by atoms with Crippen molar-refractivity contribution in [2.24, 2.45) is 5.92 Å². The summed E-state index contributed by atoms with van der Waals surface area (Å²) in [4.78, 5) is 30.4. The highest BCUT2D eigenvalue weighted by Crippen LogP contribution is 2.30. The number of carbonyl (C=O) groups is 2. The van der Waals surface area contributed by atoms with Gasteiger partial charge in [0, 0.05) is 37.0 Å². The number of hydrogen-bond donors (Lipinski definition) is 0. The van der Waals surface area contributed by atoms with Crippen molar-refractivity contribution in [2.45, 2.75) is 50.8 Å². The van der Waals surface area contributed by atoms with Gasteiger partial charge in [-0.05, 0) is 48.6 Å². The minimum atomic E-state index is 0.130. The van der Waals surface area contributed by atoms with Gasteiger partial charge in [-0.25, -0.2) is 0 Å². The predicted molar refractivity (Wildman–Crippen MR) is 106 cm³/mol. The number of amides is 2. The summed E-state index contributed by atoms with van der Waals surface area (Å²) in [5, 5.41) is 0. The molecule has 0 aromatic heterocycles. The molecule has 0 unspecified atom stereocenters. The SMILES string of the molecule is CCC(CC)C(=O)N1CCN(C(=O)Cc2ccc3c(c2)CCCS3)CC1. The van der Waals surface area contributed by atoms with Gasteiger partial charge in [-0.1, -0.05) is 26.0 Å². The molecule has 0 bridgehead atoms. The maximum absolute atomic E-state index is 12.7. The van der Waals surface area contributed by atoms with Crippen LogP contribution in [0.1, 0.15) is 44.2 Å². The zero-order valence-corrected chi connectivity index (χ0v) is 16.8. The van der Waals surface area contributed by atoms with Gasteiger partial charge in [-0.15, -0.1) is 11.8 Å². The van der Waals surface area contributed by atoms with Gasteiger partial charge in [0.25, 0.3) is 0 Å². The topological polar surface area (TPSA) is 40.6 Å². The van der Waals surface area contributed by atoms with E-state index in [1.807, 2.05) is 21.6 Å². The first-order valence-electron chi connectivity index (χ1n) is 9.93. The number of hydrogen-bond acceptors (Lipinski definition) is 3. The van der Waals surface area contributed by atoms with Crippen molar-refractivity contribution in [1.29, 1.82) is 0 Å². The molecular formula is C21H30N2O2S. The van der Waals surface area contributed by atoms with Crippen LogP contribution in [-0.4, -0.2) is 53.5 Å². The zero-order valence-electron chi connectivity index (χ0n) is 16.0. The molecule has 0 aliphatic carbocycles. The van der Waals surface area contributed by atoms with E-state index in [0.717, 1.165) is 24.8 Å². The first-order chi connectivity index (χ1) is 12.6. The Bertz CT molecular complexity index is 649. The van der Waals surface area contributed by atoms with Gasteiger partial charge < -0.3 is 9.80 Å². The molecule has 1 aromatic rings. The Morgan fingerprint density at radius 3 is 2.46 bits per heavy atom. The van der Waals surface area contributed by atoms with Crippen LogP contribution >= 0.6 is 11.8 Å². The number of carbonyl (C=O) groups excluding carboxylic acids is 2. The van der Waals surface area contributed by atoms with E-state index in [2.05, 4.69) is 32.0 Å². The molecule has 1 saturated heterocycles. The quantitative estimate of drug-likeness (QED) is 0.793. The molecule has 0 N–H and O–H groups in total. The Balaban J connectivity index is 1.53. The smallest absolute Gasteiger partial charge is 0.227 e. The van der Waals surface area contributed by atoms with Gasteiger partial charge in [0.05, 0.1) is 6.42 Å². The molecule has 142 valence electrons. The molecule has 4 nitrogen and oxygen atoms in total. The highest BCUT2D eigenvalue weighted by atomic mass is 32.2. The normalized spacial score (nSPS) is 17.3. The molecule has 1 fully saturated rings. The molecule has 5 heteroatoms. The molecule has 0 saturated carbocycles. The van der Waals surface area contributed by atoms with E-state index in [0.29, 0.717) is 32.6 Å². The van der Waals surface area contributed by atoms with E-state index in [1.165, 1.54) is 22.6 Å². The zero-order chi connectivity index (χ0) is 18.5. The van der Waals surface area contributed by atoms with E-state index in [1.54, 1.807) is 0 Å². The van der Waals surface area contributed by atoms with Crippen LogP contribution in [0, 0.1) is 5.92 Å². The van der Waals surface area contributed by atoms with E-state index in [4.69, 9.17) is 0 Å². The summed E-state index contributed by atoms with van der Waals surface area (Å²) in [5.41, 5.74) is 2.51. The first kappa shape index (κ1) is 19.3. The standard InChI is InChI=1S/C21H30N2O2S/c1-3-17(4-2)21(25)23-11-9-22(10-12-23)20(24)15-16-7-8-19-18(14-16)6-5-13-26-19/h7-8,14,17H,3-6,9-13,15H2,1-2H3. The summed E-state index contributed by atoms with van der Waals surface area (Å²) in [7, 11) is 0. The second-order valence-corrected chi connectivity index (χ2v) is 8.43. The van der Waals surface area contributed by atoms with E-state index >= 15 is 0 Å². The Morgan fingerprint density at radius 1 is 1.08 bits per heavy atom. The van der Waals surface area contributed by atoms with Crippen molar-refractivity contribution in [3.63, 3.8) is 0 Å². The number of thioether (sulfide) groups is 1. The second kappa shape index (κ2) is 8.94. The lowest BCUT2D eigenvalue weighted by molar-refractivity contribution is -0.142. The number of piperazine rings is 1. The number of nitrogens with zero attached hydrogens (tertiary/aromatic N) is 2. The maximum atomic E-state index is 12.7. The fraction of sp³-hybridized carbons (Fsp3) is 0.619. The lowest BCUT2D eigenvalue weighted by Crippen LogP contribution is -2.52. The molecule has 2 heterocycles. The molecule has 0 atom stereocenters. The Labute approximate surface area is 161 Å². The lowest BCUT2D eigenvalue weighted by atomic mass is 10.0. The average molecular weight is 375 g/mol. The van der Waals surface area contributed by atoms with E-state index in [-0.39, 0.29) is 17.7 Å². The van der Waals surface area contributed by atoms with Gasteiger partial charge in [0.1, 0.15) is 0 Å². The maximum Gasteiger partial charge on any atom is 0.227 e. The van der Waals surface area contributed by atoms with Crippen molar-refractivity contribution < 1.29 is 9.59 Å². The van der Waals surface area contributed by atoms with Gasteiger partial charge >= 0.3 is 0 Å². The molecule has 26 heavy (non-hydrogen) atoms. The molecule has 2 amide bonds. The molecule has 0 spiro atoms. The van der Waals surface area contributed by atoms with Crippen LogP contribution in [0.4, 0.5) is 0 Å². The molecule has 3 rings (SSSR count).